The van der Waals surface area contributed by atoms with Gasteiger partial charge in [-0.2, -0.15) is 5.10 Å². The van der Waals surface area contributed by atoms with Crippen molar-refractivity contribution in [1.82, 2.24) is 9.78 Å². The molecule has 3 aromatic rings. The van der Waals surface area contributed by atoms with Gasteiger partial charge in [-0.25, -0.2) is 0 Å². The lowest BCUT2D eigenvalue weighted by molar-refractivity contribution is 0.355. The minimum Gasteiger partial charge on any atom is -0.493 e. The molecule has 0 saturated heterocycles. The number of methoxy groups -OCH3 is 2. The molecule has 1 aromatic heterocycles. The standard InChI is InChI=1S/C21H24N4O2/c1-14-6-4-5-7-15(14)12-25-13-16(11-24-25)18(10-22)17-8-20(26-2)21(27-3)9-19(17)23/h4-11,13H,12,22-23H2,1-3H3/b18-10-. The SMILES string of the molecule is COc1cc(N)c(/C(=C\N)c2cnn(Cc3ccccc3C)c2)cc1OC. The van der Waals surface area contributed by atoms with Crippen LogP contribution in [0.1, 0.15) is 22.3 Å². The summed E-state index contributed by atoms with van der Waals surface area (Å²) in [6, 6.07) is 11.8. The van der Waals surface area contributed by atoms with E-state index in [0.29, 0.717) is 23.7 Å². The molecule has 0 fully saturated rings. The quantitative estimate of drug-likeness (QED) is 0.656. The molecule has 2 aromatic carbocycles. The van der Waals surface area contributed by atoms with Crippen LogP contribution >= 0.6 is 0 Å². The molecule has 0 spiro atoms. The highest BCUT2D eigenvalue weighted by atomic mass is 16.5. The maximum absolute atomic E-state index is 6.23. The van der Waals surface area contributed by atoms with Gasteiger partial charge in [0.15, 0.2) is 11.5 Å². The topological polar surface area (TPSA) is 88.3 Å². The van der Waals surface area contributed by atoms with E-state index in [1.54, 1.807) is 26.5 Å². The second-order valence-corrected chi connectivity index (χ2v) is 6.23. The van der Waals surface area contributed by atoms with Crippen LogP contribution in [-0.4, -0.2) is 24.0 Å². The Labute approximate surface area is 159 Å². The summed E-state index contributed by atoms with van der Waals surface area (Å²) in [6.45, 7) is 2.78. The first-order valence-electron chi connectivity index (χ1n) is 8.58. The molecule has 0 aliphatic heterocycles. The number of rotatable bonds is 6. The van der Waals surface area contributed by atoms with Crippen molar-refractivity contribution in [2.24, 2.45) is 5.73 Å². The molecule has 0 amide bonds. The maximum Gasteiger partial charge on any atom is 0.162 e. The van der Waals surface area contributed by atoms with Crippen LogP contribution in [0.2, 0.25) is 0 Å². The molecule has 0 bridgehead atoms. The van der Waals surface area contributed by atoms with Crippen LogP contribution in [0.4, 0.5) is 5.69 Å². The molecular weight excluding hydrogens is 340 g/mol. The Hall–Kier alpha value is -3.41. The number of benzene rings is 2. The summed E-state index contributed by atoms with van der Waals surface area (Å²) in [7, 11) is 3.16. The van der Waals surface area contributed by atoms with Crippen molar-refractivity contribution in [3.8, 4) is 11.5 Å². The Morgan fingerprint density at radius 3 is 2.52 bits per heavy atom. The van der Waals surface area contributed by atoms with Gasteiger partial charge in [-0.15, -0.1) is 0 Å². The first kappa shape index (κ1) is 18.4. The smallest absolute Gasteiger partial charge is 0.162 e. The lowest BCUT2D eigenvalue weighted by atomic mass is 9.99. The summed E-state index contributed by atoms with van der Waals surface area (Å²) in [4.78, 5) is 0. The maximum atomic E-state index is 6.23. The molecule has 4 N–H and O–H groups in total. The van der Waals surface area contributed by atoms with Crippen molar-refractivity contribution in [2.75, 3.05) is 20.0 Å². The first-order chi connectivity index (χ1) is 13.1. The second-order valence-electron chi connectivity index (χ2n) is 6.23. The largest absolute Gasteiger partial charge is 0.493 e. The van der Waals surface area contributed by atoms with Crippen LogP contribution in [0.25, 0.3) is 5.57 Å². The number of aryl methyl sites for hydroxylation is 1. The van der Waals surface area contributed by atoms with E-state index in [1.165, 1.54) is 17.3 Å². The number of nitrogens with zero attached hydrogens (tertiary/aromatic N) is 2. The van der Waals surface area contributed by atoms with Gasteiger partial charge in [-0.3, -0.25) is 4.68 Å². The van der Waals surface area contributed by atoms with Gasteiger partial charge in [0.1, 0.15) is 0 Å². The van der Waals surface area contributed by atoms with E-state index in [0.717, 1.165) is 16.7 Å². The van der Waals surface area contributed by atoms with Crippen LogP contribution in [0.15, 0.2) is 55.0 Å². The molecule has 6 heteroatoms. The van der Waals surface area contributed by atoms with Crippen molar-refractivity contribution in [3.05, 3.63) is 77.2 Å². The normalized spacial score (nSPS) is 11.4. The number of hydrogen-bond acceptors (Lipinski definition) is 5. The zero-order valence-electron chi connectivity index (χ0n) is 15.8. The third-order valence-electron chi connectivity index (χ3n) is 4.55. The summed E-state index contributed by atoms with van der Waals surface area (Å²) in [5.41, 5.74) is 17.6. The highest BCUT2D eigenvalue weighted by Gasteiger charge is 2.15. The number of nitrogen functional groups attached to an aromatic ring is 1. The van der Waals surface area contributed by atoms with Crippen LogP contribution in [0.5, 0.6) is 11.5 Å². The molecule has 3 rings (SSSR count). The van der Waals surface area contributed by atoms with Crippen molar-refractivity contribution in [1.29, 1.82) is 0 Å². The predicted octanol–water partition coefficient (Wildman–Crippen LogP) is 3.19. The Morgan fingerprint density at radius 2 is 1.85 bits per heavy atom. The van der Waals surface area contributed by atoms with Crippen LogP contribution in [0, 0.1) is 6.92 Å². The van der Waals surface area contributed by atoms with Gasteiger partial charge in [-0.1, -0.05) is 24.3 Å². The molecule has 27 heavy (non-hydrogen) atoms. The minimum atomic E-state index is 0.552. The van der Waals surface area contributed by atoms with Gasteiger partial charge < -0.3 is 20.9 Å². The van der Waals surface area contributed by atoms with E-state index in [2.05, 4.69) is 24.2 Å². The molecule has 0 atom stereocenters. The number of nitrogens with two attached hydrogens (primary N) is 2. The number of aromatic nitrogens is 2. The third kappa shape index (κ3) is 3.74. The molecule has 6 nitrogen and oxygen atoms in total. The summed E-state index contributed by atoms with van der Waals surface area (Å²) in [5, 5.41) is 4.48. The Morgan fingerprint density at radius 1 is 1.15 bits per heavy atom. The lowest BCUT2D eigenvalue weighted by Gasteiger charge is -2.14. The van der Waals surface area contributed by atoms with Crippen LogP contribution in [0.3, 0.4) is 0 Å². The van der Waals surface area contributed by atoms with Crippen molar-refractivity contribution in [3.63, 3.8) is 0 Å². The Kier molecular flexibility index (Phi) is 5.35. The fourth-order valence-electron chi connectivity index (χ4n) is 3.02. The first-order valence-corrected chi connectivity index (χ1v) is 8.58. The summed E-state index contributed by atoms with van der Waals surface area (Å²) < 4.78 is 12.6. The van der Waals surface area contributed by atoms with E-state index in [-0.39, 0.29) is 0 Å². The fourth-order valence-corrected chi connectivity index (χ4v) is 3.02. The fraction of sp³-hybridized carbons (Fsp3) is 0.190. The highest BCUT2D eigenvalue weighted by Crippen LogP contribution is 2.37. The molecule has 0 unspecified atom stereocenters. The Balaban J connectivity index is 1.94. The molecule has 0 saturated carbocycles. The van der Waals surface area contributed by atoms with Crippen molar-refractivity contribution >= 4 is 11.3 Å². The van der Waals surface area contributed by atoms with E-state index in [4.69, 9.17) is 20.9 Å². The molecule has 1 heterocycles. The average Bonchev–Trinajstić information content (AvgIpc) is 3.13. The van der Waals surface area contributed by atoms with E-state index < -0.39 is 0 Å². The van der Waals surface area contributed by atoms with Gasteiger partial charge in [0.2, 0.25) is 0 Å². The van der Waals surface area contributed by atoms with Crippen LogP contribution < -0.4 is 20.9 Å². The average molecular weight is 364 g/mol. The summed E-state index contributed by atoms with van der Waals surface area (Å²) >= 11 is 0. The molecule has 0 radical (unpaired) electrons. The molecular formula is C21H24N4O2. The number of ether oxygens (including phenoxy) is 2. The van der Waals surface area contributed by atoms with Crippen LogP contribution in [-0.2, 0) is 6.54 Å². The van der Waals surface area contributed by atoms with E-state index in [9.17, 15) is 0 Å². The Bertz CT molecular complexity index is 976. The van der Waals surface area contributed by atoms with Gasteiger partial charge >= 0.3 is 0 Å². The van der Waals surface area contributed by atoms with E-state index in [1.807, 2.05) is 29.1 Å². The van der Waals surface area contributed by atoms with Gasteiger partial charge in [0.05, 0.1) is 27.0 Å². The zero-order chi connectivity index (χ0) is 19.4. The third-order valence-corrected chi connectivity index (χ3v) is 4.55. The highest BCUT2D eigenvalue weighted by molar-refractivity contribution is 5.86. The second kappa shape index (κ2) is 7.86. The lowest BCUT2D eigenvalue weighted by Crippen LogP contribution is -2.02. The van der Waals surface area contributed by atoms with Crippen molar-refractivity contribution < 1.29 is 9.47 Å². The number of anilines is 1. The molecule has 0 aliphatic carbocycles. The van der Waals surface area contributed by atoms with Gasteiger partial charge in [0.25, 0.3) is 0 Å². The van der Waals surface area contributed by atoms with Gasteiger partial charge in [0, 0.05) is 40.9 Å². The monoisotopic (exact) mass is 364 g/mol. The van der Waals surface area contributed by atoms with Crippen molar-refractivity contribution in [2.45, 2.75) is 13.5 Å². The number of hydrogen-bond donors (Lipinski definition) is 2. The molecule has 0 aliphatic rings. The zero-order valence-corrected chi connectivity index (χ0v) is 15.8. The van der Waals surface area contributed by atoms with E-state index >= 15 is 0 Å². The van der Waals surface area contributed by atoms with Gasteiger partial charge in [-0.05, 0) is 24.1 Å². The summed E-state index contributed by atoms with van der Waals surface area (Å²) in [5.74, 6) is 1.17. The molecule has 140 valence electrons. The predicted molar refractivity (Wildman–Crippen MR) is 108 cm³/mol. The summed E-state index contributed by atoms with van der Waals surface area (Å²) in [6.07, 6.45) is 5.28. The minimum absolute atomic E-state index is 0.552.